The highest BCUT2D eigenvalue weighted by atomic mass is 16.5. The van der Waals surface area contributed by atoms with E-state index in [-0.39, 0.29) is 30.6 Å². The van der Waals surface area contributed by atoms with Crippen LogP contribution in [0.25, 0.3) is 0 Å². The first kappa shape index (κ1) is 24.2. The number of amides is 2. The molecule has 3 rings (SSSR count). The number of likely N-dealkylation sites (tertiary alicyclic amines) is 1. The van der Waals surface area contributed by atoms with E-state index in [0.717, 1.165) is 18.4 Å². The Hall–Kier alpha value is -3.49. The van der Waals surface area contributed by atoms with Gasteiger partial charge < -0.3 is 20.1 Å². The molecule has 1 saturated heterocycles. The van der Waals surface area contributed by atoms with Gasteiger partial charge in [0.25, 0.3) is 0 Å². The molecule has 0 aliphatic carbocycles. The predicted octanol–water partition coefficient (Wildman–Crippen LogP) is 1.86. The van der Waals surface area contributed by atoms with Gasteiger partial charge in [0.2, 0.25) is 11.8 Å². The third-order valence-corrected chi connectivity index (χ3v) is 5.86. The van der Waals surface area contributed by atoms with Gasteiger partial charge in [0.1, 0.15) is 17.6 Å². The second-order valence-electron chi connectivity index (χ2n) is 8.20. The fraction of sp³-hybridized carbons (Fsp3) is 0.458. The Bertz CT molecular complexity index is 928. The van der Waals surface area contributed by atoms with Crippen molar-refractivity contribution in [2.24, 2.45) is 5.92 Å². The molecule has 0 saturated carbocycles. The number of aryl methyl sites for hydroxylation is 1. The van der Waals surface area contributed by atoms with Crippen molar-refractivity contribution >= 4 is 17.8 Å². The van der Waals surface area contributed by atoms with Crippen LogP contribution < -0.4 is 10.1 Å². The molecule has 2 heterocycles. The minimum Gasteiger partial charge on any atom is -0.497 e. The van der Waals surface area contributed by atoms with Gasteiger partial charge >= 0.3 is 5.97 Å². The number of nitrogens with zero attached hydrogens (tertiary/aromatic N) is 3. The lowest BCUT2D eigenvalue weighted by atomic mass is 9.92. The number of ether oxygens (including phenoxy) is 1. The highest BCUT2D eigenvalue weighted by Crippen LogP contribution is 2.21. The number of aliphatic carboxylic acids is 1. The topological polar surface area (TPSA) is 122 Å². The van der Waals surface area contributed by atoms with Crippen LogP contribution >= 0.6 is 0 Å². The van der Waals surface area contributed by atoms with E-state index in [0.29, 0.717) is 37.5 Å². The summed E-state index contributed by atoms with van der Waals surface area (Å²) in [7, 11) is 1.56. The molecular formula is C24H30N4O5. The molecule has 9 nitrogen and oxygen atoms in total. The first-order valence-electron chi connectivity index (χ1n) is 11.1. The molecule has 2 aromatic rings. The minimum atomic E-state index is -1.07. The Morgan fingerprint density at radius 3 is 2.42 bits per heavy atom. The van der Waals surface area contributed by atoms with Crippen molar-refractivity contribution in [3.05, 3.63) is 54.1 Å². The van der Waals surface area contributed by atoms with Crippen LogP contribution in [0.1, 0.15) is 37.1 Å². The summed E-state index contributed by atoms with van der Waals surface area (Å²) in [5.74, 6) is 0.189. The normalized spacial score (nSPS) is 15.0. The maximum absolute atomic E-state index is 12.5. The molecule has 1 aromatic carbocycles. The van der Waals surface area contributed by atoms with Crippen molar-refractivity contribution in [1.82, 2.24) is 20.2 Å². The maximum atomic E-state index is 12.5. The summed E-state index contributed by atoms with van der Waals surface area (Å²) in [6.45, 7) is 1.20. The minimum absolute atomic E-state index is 0.0655. The van der Waals surface area contributed by atoms with Crippen LogP contribution in [0.2, 0.25) is 0 Å². The zero-order chi connectivity index (χ0) is 23.6. The van der Waals surface area contributed by atoms with Crippen molar-refractivity contribution in [3.63, 3.8) is 0 Å². The molecule has 1 atom stereocenters. The van der Waals surface area contributed by atoms with E-state index in [4.69, 9.17) is 4.74 Å². The van der Waals surface area contributed by atoms with E-state index >= 15 is 0 Å². The van der Waals surface area contributed by atoms with E-state index in [1.807, 2.05) is 4.90 Å². The second kappa shape index (κ2) is 11.9. The summed E-state index contributed by atoms with van der Waals surface area (Å²) in [6, 6.07) is 7.85. The van der Waals surface area contributed by atoms with Crippen LogP contribution in [0.3, 0.4) is 0 Å². The van der Waals surface area contributed by atoms with Gasteiger partial charge in [-0.15, -0.1) is 0 Å². The molecule has 176 valence electrons. The lowest BCUT2D eigenvalue weighted by Crippen LogP contribution is -2.44. The van der Waals surface area contributed by atoms with E-state index < -0.39 is 12.0 Å². The van der Waals surface area contributed by atoms with Crippen molar-refractivity contribution in [2.75, 3.05) is 20.2 Å². The summed E-state index contributed by atoms with van der Waals surface area (Å²) >= 11 is 0. The van der Waals surface area contributed by atoms with Crippen LogP contribution in [0, 0.1) is 5.92 Å². The number of hydrogen-bond donors (Lipinski definition) is 2. The Balaban J connectivity index is 1.41. The Labute approximate surface area is 193 Å². The summed E-state index contributed by atoms with van der Waals surface area (Å²) < 4.78 is 5.11. The van der Waals surface area contributed by atoms with Gasteiger partial charge in [0.15, 0.2) is 0 Å². The van der Waals surface area contributed by atoms with Crippen molar-refractivity contribution in [3.8, 4) is 5.75 Å². The highest BCUT2D eigenvalue weighted by molar-refractivity contribution is 5.84. The molecule has 0 spiro atoms. The molecule has 2 amide bonds. The fourth-order valence-electron chi connectivity index (χ4n) is 3.94. The standard InChI is InChI=1S/C24H30N4O5/c1-33-19-5-3-17(4-6-19)15-20(24(31)32)27-22(29)16-18-9-13-28(14-10-18)23(30)8-7-21-25-11-2-12-26-21/h2-6,11-12,18,20H,7-10,13-16H2,1H3,(H,27,29)(H,31,32)/t20-/m0/s1. The SMILES string of the molecule is COc1ccc(C[C@H](NC(=O)CC2CCN(C(=O)CCc3ncccn3)CC2)C(=O)O)cc1. The Morgan fingerprint density at radius 1 is 1.15 bits per heavy atom. The first-order valence-corrected chi connectivity index (χ1v) is 11.1. The molecule has 1 aliphatic rings. The number of carbonyl (C=O) groups is 3. The second-order valence-corrected chi connectivity index (χ2v) is 8.20. The molecule has 0 radical (unpaired) electrons. The maximum Gasteiger partial charge on any atom is 0.326 e. The number of methoxy groups -OCH3 is 1. The zero-order valence-electron chi connectivity index (χ0n) is 18.8. The summed E-state index contributed by atoms with van der Waals surface area (Å²) in [5.41, 5.74) is 0.802. The Morgan fingerprint density at radius 2 is 1.82 bits per heavy atom. The van der Waals surface area contributed by atoms with Gasteiger partial charge in [-0.1, -0.05) is 12.1 Å². The van der Waals surface area contributed by atoms with Crippen LogP contribution in [-0.4, -0.2) is 64.0 Å². The number of carboxylic acid groups (broad SMARTS) is 1. The van der Waals surface area contributed by atoms with E-state index in [1.165, 1.54) is 0 Å². The number of piperidine rings is 1. The number of benzene rings is 1. The molecule has 1 fully saturated rings. The molecule has 2 N–H and O–H groups in total. The van der Waals surface area contributed by atoms with Crippen LogP contribution in [-0.2, 0) is 27.2 Å². The van der Waals surface area contributed by atoms with Gasteiger partial charge in [-0.25, -0.2) is 14.8 Å². The van der Waals surface area contributed by atoms with Crippen molar-refractivity contribution in [2.45, 2.75) is 44.6 Å². The van der Waals surface area contributed by atoms with E-state index in [1.54, 1.807) is 49.8 Å². The molecule has 1 aliphatic heterocycles. The van der Waals surface area contributed by atoms with Crippen LogP contribution in [0.5, 0.6) is 5.75 Å². The molecule has 0 unspecified atom stereocenters. The number of hydrogen-bond acceptors (Lipinski definition) is 6. The van der Waals surface area contributed by atoms with Crippen LogP contribution in [0.15, 0.2) is 42.7 Å². The van der Waals surface area contributed by atoms with Gasteiger partial charge in [-0.05, 0) is 42.5 Å². The molecule has 33 heavy (non-hydrogen) atoms. The number of aromatic nitrogens is 2. The number of nitrogens with one attached hydrogen (secondary N) is 1. The van der Waals surface area contributed by atoms with Gasteiger partial charge in [0, 0.05) is 51.2 Å². The summed E-state index contributed by atoms with van der Waals surface area (Å²) in [4.78, 5) is 46.7. The van der Waals surface area contributed by atoms with Gasteiger partial charge in [-0.3, -0.25) is 9.59 Å². The molecule has 0 bridgehead atoms. The average Bonchev–Trinajstić information content (AvgIpc) is 2.83. The monoisotopic (exact) mass is 454 g/mol. The third-order valence-electron chi connectivity index (χ3n) is 5.86. The van der Waals surface area contributed by atoms with Crippen LogP contribution in [0.4, 0.5) is 0 Å². The largest absolute Gasteiger partial charge is 0.497 e. The number of rotatable bonds is 10. The Kier molecular flexibility index (Phi) is 8.74. The average molecular weight is 455 g/mol. The van der Waals surface area contributed by atoms with Crippen molar-refractivity contribution in [1.29, 1.82) is 0 Å². The predicted molar refractivity (Wildman–Crippen MR) is 121 cm³/mol. The molecule has 1 aromatic heterocycles. The van der Waals surface area contributed by atoms with E-state index in [2.05, 4.69) is 15.3 Å². The van der Waals surface area contributed by atoms with Gasteiger partial charge in [0.05, 0.1) is 7.11 Å². The highest BCUT2D eigenvalue weighted by Gasteiger charge is 2.26. The smallest absolute Gasteiger partial charge is 0.326 e. The first-order chi connectivity index (χ1) is 15.9. The lowest BCUT2D eigenvalue weighted by Gasteiger charge is -2.32. The van der Waals surface area contributed by atoms with Gasteiger partial charge in [-0.2, -0.15) is 0 Å². The summed E-state index contributed by atoms with van der Waals surface area (Å²) in [5, 5.41) is 12.2. The van der Waals surface area contributed by atoms with Crippen molar-refractivity contribution < 1.29 is 24.2 Å². The zero-order valence-corrected chi connectivity index (χ0v) is 18.8. The molecular weight excluding hydrogens is 424 g/mol. The number of carbonyl (C=O) groups excluding carboxylic acids is 2. The fourth-order valence-corrected chi connectivity index (χ4v) is 3.94. The third kappa shape index (κ3) is 7.55. The van der Waals surface area contributed by atoms with E-state index in [9.17, 15) is 19.5 Å². The summed E-state index contributed by atoms with van der Waals surface area (Å²) in [6.07, 6.45) is 6.09. The lowest BCUT2D eigenvalue weighted by molar-refractivity contribution is -0.142. The molecule has 9 heteroatoms. The number of carboxylic acids is 1. The quantitative estimate of drug-likeness (QED) is 0.562.